The van der Waals surface area contributed by atoms with Gasteiger partial charge in [-0.2, -0.15) is 4.98 Å². The van der Waals surface area contributed by atoms with E-state index in [0.29, 0.717) is 22.8 Å². The third-order valence-electron chi connectivity index (χ3n) is 8.35. The van der Waals surface area contributed by atoms with Gasteiger partial charge >= 0.3 is 5.97 Å². The molecule has 5 atom stereocenters. The first-order valence-corrected chi connectivity index (χ1v) is 13.6. The van der Waals surface area contributed by atoms with Crippen LogP contribution in [0, 0.1) is 17.8 Å². The number of allylic oxidation sites excluding steroid dienone is 1. The SMILES string of the molecule is COCCN(C)C1CCc2ccc(Nc3ncc(Cl)c(N[C@H]4[C@@H](C(=O)O)[C@@H]5C=C[C@H]4C5)n3)c(OC)c2CC1. The summed E-state index contributed by atoms with van der Waals surface area (Å²) in [6.45, 7) is 1.64. The zero-order valence-corrected chi connectivity index (χ0v) is 22.9. The molecule has 38 heavy (non-hydrogen) atoms. The Labute approximate surface area is 228 Å². The number of carbonyl (C=O) groups is 1. The molecule has 0 amide bonds. The van der Waals surface area contributed by atoms with Crippen molar-refractivity contribution in [3.05, 3.63) is 46.6 Å². The van der Waals surface area contributed by atoms with Crippen molar-refractivity contribution in [2.75, 3.05) is 45.1 Å². The third-order valence-corrected chi connectivity index (χ3v) is 8.62. The maximum absolute atomic E-state index is 11.9. The number of carboxylic acids is 1. The summed E-state index contributed by atoms with van der Waals surface area (Å²) in [4.78, 5) is 23.3. The summed E-state index contributed by atoms with van der Waals surface area (Å²) in [5, 5.41) is 16.8. The predicted molar refractivity (Wildman–Crippen MR) is 148 cm³/mol. The molecule has 10 heteroatoms. The van der Waals surface area contributed by atoms with E-state index in [-0.39, 0.29) is 17.9 Å². The van der Waals surface area contributed by atoms with Crippen molar-refractivity contribution in [3.8, 4) is 5.75 Å². The Morgan fingerprint density at radius 3 is 2.76 bits per heavy atom. The number of nitrogens with zero attached hydrogens (tertiary/aromatic N) is 3. The van der Waals surface area contributed by atoms with Gasteiger partial charge in [-0.1, -0.05) is 29.8 Å². The molecule has 9 nitrogen and oxygen atoms in total. The lowest BCUT2D eigenvalue weighted by atomic mass is 9.89. The number of likely N-dealkylation sites (N-methyl/N-ethyl adjacent to an activating group) is 1. The lowest BCUT2D eigenvalue weighted by Crippen LogP contribution is -2.38. The molecule has 0 radical (unpaired) electrons. The Morgan fingerprint density at radius 1 is 1.21 bits per heavy atom. The minimum absolute atomic E-state index is 0.0383. The van der Waals surface area contributed by atoms with E-state index in [1.807, 2.05) is 12.1 Å². The molecule has 3 aliphatic carbocycles. The van der Waals surface area contributed by atoms with Crippen LogP contribution in [-0.2, 0) is 22.4 Å². The Balaban J connectivity index is 1.34. The molecule has 0 spiro atoms. The van der Waals surface area contributed by atoms with E-state index in [1.165, 1.54) is 17.3 Å². The number of rotatable bonds is 10. The Morgan fingerprint density at radius 2 is 2.00 bits per heavy atom. The highest BCUT2D eigenvalue weighted by atomic mass is 35.5. The minimum Gasteiger partial charge on any atom is -0.494 e. The van der Waals surface area contributed by atoms with Crippen LogP contribution in [0.3, 0.4) is 0 Å². The number of aryl methyl sites for hydroxylation is 1. The highest BCUT2D eigenvalue weighted by molar-refractivity contribution is 6.32. The molecule has 204 valence electrons. The van der Waals surface area contributed by atoms with Crippen LogP contribution in [0.15, 0.2) is 30.5 Å². The molecule has 1 aromatic heterocycles. The zero-order valence-electron chi connectivity index (χ0n) is 22.1. The van der Waals surface area contributed by atoms with Crippen molar-refractivity contribution >= 4 is 35.0 Å². The number of ether oxygens (including phenoxy) is 2. The predicted octanol–water partition coefficient (Wildman–Crippen LogP) is 4.40. The van der Waals surface area contributed by atoms with Crippen LogP contribution >= 0.6 is 11.6 Å². The number of hydrogen-bond acceptors (Lipinski definition) is 8. The number of carboxylic acid groups (broad SMARTS) is 1. The molecule has 1 fully saturated rings. The van der Waals surface area contributed by atoms with E-state index in [2.05, 4.69) is 44.7 Å². The Hall–Kier alpha value is -2.88. The molecule has 1 heterocycles. The summed E-state index contributed by atoms with van der Waals surface area (Å²) >= 11 is 6.43. The second kappa shape index (κ2) is 11.5. The standard InChI is InChI=1S/C28H36ClN5O4/c1-34(12-13-37-2)19-8-6-16-7-11-22(25(38-3)20(16)10-9-19)31-28-30-15-21(29)26(33-28)32-24-18-5-4-17(14-18)23(24)27(35)36/h4-5,7,11,15,17-19,23-24H,6,8-10,12-14H2,1-3H3,(H,35,36)(H2,30,31,32,33)/t17-,18+,19?,23+,24-/m1/s1. The lowest BCUT2D eigenvalue weighted by Gasteiger charge is -2.26. The highest BCUT2D eigenvalue weighted by Crippen LogP contribution is 2.45. The van der Waals surface area contributed by atoms with Gasteiger partial charge in [0.05, 0.1) is 31.5 Å². The molecule has 1 unspecified atom stereocenters. The summed E-state index contributed by atoms with van der Waals surface area (Å²) in [6, 6.07) is 4.40. The van der Waals surface area contributed by atoms with Gasteiger partial charge in [-0.15, -0.1) is 0 Å². The average molecular weight is 542 g/mol. The largest absolute Gasteiger partial charge is 0.494 e. The van der Waals surface area contributed by atoms with E-state index in [4.69, 9.17) is 21.1 Å². The number of fused-ring (bicyclic) bond motifs is 3. The smallest absolute Gasteiger partial charge is 0.309 e. The number of hydrogen-bond donors (Lipinski definition) is 3. The fourth-order valence-electron chi connectivity index (χ4n) is 6.31. The number of aliphatic carboxylic acids is 1. The quantitative estimate of drug-likeness (QED) is 0.298. The monoisotopic (exact) mass is 541 g/mol. The van der Waals surface area contributed by atoms with Gasteiger partial charge in [0.25, 0.3) is 0 Å². The van der Waals surface area contributed by atoms with Crippen molar-refractivity contribution < 1.29 is 19.4 Å². The molecule has 0 saturated heterocycles. The van der Waals surface area contributed by atoms with Crippen LogP contribution in [0.25, 0.3) is 0 Å². The minimum atomic E-state index is -0.801. The first-order chi connectivity index (χ1) is 18.4. The number of methoxy groups -OCH3 is 2. The fourth-order valence-corrected chi connectivity index (χ4v) is 6.45. The van der Waals surface area contributed by atoms with E-state index >= 15 is 0 Å². The zero-order chi connectivity index (χ0) is 26.8. The van der Waals surface area contributed by atoms with Crippen LogP contribution in [0.4, 0.5) is 17.5 Å². The topological polar surface area (TPSA) is 109 Å². The molecule has 1 aromatic carbocycles. The number of anilines is 3. The van der Waals surface area contributed by atoms with E-state index in [1.54, 1.807) is 14.2 Å². The van der Waals surface area contributed by atoms with Gasteiger partial charge in [-0.3, -0.25) is 4.79 Å². The maximum atomic E-state index is 11.9. The Bertz CT molecular complexity index is 1210. The lowest BCUT2D eigenvalue weighted by molar-refractivity contribution is -0.142. The summed E-state index contributed by atoms with van der Waals surface area (Å²) in [5.41, 5.74) is 3.31. The number of nitrogens with one attached hydrogen (secondary N) is 2. The second-order valence-electron chi connectivity index (χ2n) is 10.5. The van der Waals surface area contributed by atoms with E-state index < -0.39 is 11.9 Å². The first-order valence-electron chi connectivity index (χ1n) is 13.2. The molecule has 3 aliphatic rings. The molecular weight excluding hydrogens is 506 g/mol. The van der Waals surface area contributed by atoms with Gasteiger partial charge in [0.2, 0.25) is 5.95 Å². The van der Waals surface area contributed by atoms with Crippen molar-refractivity contribution in [1.29, 1.82) is 0 Å². The van der Waals surface area contributed by atoms with Gasteiger partial charge in [0.15, 0.2) is 5.82 Å². The average Bonchev–Trinajstić information content (AvgIpc) is 3.44. The fraction of sp³-hybridized carbons (Fsp3) is 0.536. The van der Waals surface area contributed by atoms with E-state index in [9.17, 15) is 9.90 Å². The van der Waals surface area contributed by atoms with Gasteiger partial charge in [0.1, 0.15) is 10.8 Å². The summed E-state index contributed by atoms with van der Waals surface area (Å²) in [7, 11) is 5.60. The molecule has 2 aromatic rings. The summed E-state index contributed by atoms with van der Waals surface area (Å²) in [6.07, 6.45) is 10.5. The molecular formula is C28H36ClN5O4. The van der Waals surface area contributed by atoms with Crippen molar-refractivity contribution in [2.45, 2.75) is 44.2 Å². The summed E-state index contributed by atoms with van der Waals surface area (Å²) in [5.74, 6) is 0.477. The normalized spacial score (nSPS) is 25.8. The van der Waals surface area contributed by atoms with Crippen LogP contribution < -0.4 is 15.4 Å². The van der Waals surface area contributed by atoms with Crippen LogP contribution in [0.1, 0.15) is 30.4 Å². The molecule has 5 rings (SSSR count). The van der Waals surface area contributed by atoms with Gasteiger partial charge < -0.3 is 30.1 Å². The molecule has 2 bridgehead atoms. The highest BCUT2D eigenvalue weighted by Gasteiger charge is 2.48. The van der Waals surface area contributed by atoms with Gasteiger partial charge in [-0.25, -0.2) is 4.98 Å². The van der Waals surface area contributed by atoms with Crippen molar-refractivity contribution in [2.24, 2.45) is 17.8 Å². The van der Waals surface area contributed by atoms with Gasteiger partial charge in [0, 0.05) is 25.7 Å². The molecule has 0 aliphatic heterocycles. The third kappa shape index (κ3) is 5.32. The van der Waals surface area contributed by atoms with Crippen LogP contribution in [0.2, 0.25) is 5.02 Å². The first kappa shape index (κ1) is 26.7. The van der Waals surface area contributed by atoms with Crippen molar-refractivity contribution in [1.82, 2.24) is 14.9 Å². The number of aromatic nitrogens is 2. The van der Waals surface area contributed by atoms with E-state index in [0.717, 1.165) is 56.7 Å². The number of halogens is 1. The van der Waals surface area contributed by atoms with Crippen LogP contribution in [-0.4, -0.2) is 72.4 Å². The summed E-state index contributed by atoms with van der Waals surface area (Å²) < 4.78 is 11.2. The second-order valence-corrected chi connectivity index (χ2v) is 10.9. The molecule has 1 saturated carbocycles. The van der Waals surface area contributed by atoms with Crippen molar-refractivity contribution in [3.63, 3.8) is 0 Å². The Kier molecular flexibility index (Phi) is 8.07. The van der Waals surface area contributed by atoms with Gasteiger partial charge in [-0.05, 0) is 68.2 Å². The molecule has 3 N–H and O–H groups in total. The maximum Gasteiger partial charge on any atom is 0.309 e. The number of benzene rings is 1. The van der Waals surface area contributed by atoms with Crippen LogP contribution in [0.5, 0.6) is 5.75 Å².